The zero-order chi connectivity index (χ0) is 12.1. The van der Waals surface area contributed by atoms with Gasteiger partial charge in [0.2, 0.25) is 0 Å². The summed E-state index contributed by atoms with van der Waals surface area (Å²) in [6.45, 7) is 4.10. The van der Waals surface area contributed by atoms with Crippen molar-refractivity contribution in [2.75, 3.05) is 32.7 Å². The minimum Gasteiger partial charge on any atom is -0.315 e. The van der Waals surface area contributed by atoms with E-state index in [1.54, 1.807) is 12.1 Å². The van der Waals surface area contributed by atoms with Crippen LogP contribution in [-0.4, -0.2) is 43.4 Å². The fourth-order valence-corrected chi connectivity index (χ4v) is 2.02. The van der Waals surface area contributed by atoms with Crippen molar-refractivity contribution in [3.05, 3.63) is 35.6 Å². The Morgan fingerprint density at radius 1 is 1.35 bits per heavy atom. The van der Waals surface area contributed by atoms with E-state index in [2.05, 4.69) is 10.2 Å². The number of rotatable bonds is 3. The van der Waals surface area contributed by atoms with Crippen LogP contribution in [0.3, 0.4) is 0 Å². The third-order valence-electron chi connectivity index (χ3n) is 2.95. The first-order valence-corrected chi connectivity index (χ1v) is 5.97. The summed E-state index contributed by atoms with van der Waals surface area (Å²) in [6.07, 6.45) is 1.05. The second-order valence-corrected chi connectivity index (χ2v) is 4.31. The van der Waals surface area contributed by atoms with E-state index >= 15 is 0 Å². The van der Waals surface area contributed by atoms with E-state index < -0.39 is 0 Å². The SMILES string of the molecule is O=C(CN1CCCNCC1)c1cccc(F)c1. The Morgan fingerprint density at radius 2 is 2.24 bits per heavy atom. The maximum atomic E-state index is 13.0. The van der Waals surface area contributed by atoms with Crippen LogP contribution in [0.4, 0.5) is 4.39 Å². The standard InChI is InChI=1S/C13H17FN2O/c14-12-4-1-3-11(9-12)13(17)10-16-7-2-5-15-6-8-16/h1,3-4,9,15H,2,5-8,10H2. The summed E-state index contributed by atoms with van der Waals surface area (Å²) in [6, 6.07) is 5.90. The summed E-state index contributed by atoms with van der Waals surface area (Å²) >= 11 is 0. The van der Waals surface area contributed by atoms with E-state index in [-0.39, 0.29) is 11.6 Å². The highest BCUT2D eigenvalue weighted by Gasteiger charge is 2.14. The topological polar surface area (TPSA) is 32.3 Å². The van der Waals surface area contributed by atoms with Gasteiger partial charge in [0.25, 0.3) is 0 Å². The first-order chi connectivity index (χ1) is 8.25. The second-order valence-electron chi connectivity index (χ2n) is 4.31. The van der Waals surface area contributed by atoms with Crippen LogP contribution in [0.25, 0.3) is 0 Å². The van der Waals surface area contributed by atoms with Crippen molar-refractivity contribution in [1.82, 2.24) is 10.2 Å². The molecule has 0 aliphatic carbocycles. The molecule has 1 N–H and O–H groups in total. The molecular formula is C13H17FN2O. The molecule has 0 spiro atoms. The highest BCUT2D eigenvalue weighted by Crippen LogP contribution is 2.06. The molecule has 1 saturated heterocycles. The van der Waals surface area contributed by atoms with Crippen molar-refractivity contribution in [3.63, 3.8) is 0 Å². The van der Waals surface area contributed by atoms with Gasteiger partial charge in [-0.25, -0.2) is 4.39 Å². The quantitative estimate of drug-likeness (QED) is 0.803. The highest BCUT2D eigenvalue weighted by atomic mass is 19.1. The van der Waals surface area contributed by atoms with Crippen LogP contribution >= 0.6 is 0 Å². The molecule has 1 fully saturated rings. The van der Waals surface area contributed by atoms with Crippen LogP contribution in [0, 0.1) is 5.82 Å². The Hall–Kier alpha value is -1.26. The van der Waals surface area contributed by atoms with Crippen LogP contribution in [0.2, 0.25) is 0 Å². The van der Waals surface area contributed by atoms with Crippen molar-refractivity contribution in [2.45, 2.75) is 6.42 Å². The lowest BCUT2D eigenvalue weighted by molar-refractivity contribution is 0.0934. The average molecular weight is 236 g/mol. The molecule has 0 unspecified atom stereocenters. The van der Waals surface area contributed by atoms with Crippen molar-refractivity contribution in [3.8, 4) is 0 Å². The number of Topliss-reactive ketones (excluding diaryl/α,β-unsaturated/α-hetero) is 1. The number of nitrogens with one attached hydrogen (secondary N) is 1. The Bertz CT molecular complexity index is 387. The van der Waals surface area contributed by atoms with Gasteiger partial charge in [-0.15, -0.1) is 0 Å². The number of carbonyl (C=O) groups is 1. The largest absolute Gasteiger partial charge is 0.315 e. The van der Waals surface area contributed by atoms with Crippen molar-refractivity contribution in [1.29, 1.82) is 0 Å². The third-order valence-corrected chi connectivity index (χ3v) is 2.95. The van der Waals surface area contributed by atoms with E-state index in [0.717, 1.165) is 32.6 Å². The van der Waals surface area contributed by atoms with Gasteiger partial charge in [-0.1, -0.05) is 12.1 Å². The minimum atomic E-state index is -0.353. The zero-order valence-corrected chi connectivity index (χ0v) is 9.79. The normalized spacial score (nSPS) is 17.7. The molecule has 0 aromatic heterocycles. The predicted molar refractivity (Wildman–Crippen MR) is 64.7 cm³/mol. The lowest BCUT2D eigenvalue weighted by Crippen LogP contribution is -2.33. The van der Waals surface area contributed by atoms with Crippen molar-refractivity contribution >= 4 is 5.78 Å². The Kier molecular flexibility index (Phi) is 4.23. The Morgan fingerprint density at radius 3 is 3.06 bits per heavy atom. The lowest BCUT2D eigenvalue weighted by atomic mass is 10.1. The molecule has 0 atom stereocenters. The molecule has 0 bridgehead atoms. The number of benzene rings is 1. The smallest absolute Gasteiger partial charge is 0.176 e. The fourth-order valence-electron chi connectivity index (χ4n) is 2.02. The van der Waals surface area contributed by atoms with Gasteiger partial charge in [-0.2, -0.15) is 0 Å². The van der Waals surface area contributed by atoms with Gasteiger partial charge in [-0.3, -0.25) is 9.69 Å². The van der Waals surface area contributed by atoms with Gasteiger partial charge in [0.15, 0.2) is 5.78 Å². The third kappa shape index (κ3) is 3.61. The molecule has 17 heavy (non-hydrogen) atoms. The van der Waals surface area contributed by atoms with Gasteiger partial charge in [-0.05, 0) is 31.6 Å². The van der Waals surface area contributed by atoms with Crippen molar-refractivity contribution < 1.29 is 9.18 Å². The molecule has 4 heteroatoms. The summed E-state index contributed by atoms with van der Waals surface area (Å²) in [4.78, 5) is 14.1. The maximum Gasteiger partial charge on any atom is 0.176 e. The highest BCUT2D eigenvalue weighted by molar-refractivity contribution is 5.97. The molecule has 1 aromatic rings. The molecule has 0 amide bonds. The predicted octanol–water partition coefficient (Wildman–Crippen LogP) is 1.30. The average Bonchev–Trinajstić information content (AvgIpc) is 2.57. The first kappa shape index (κ1) is 12.2. The molecule has 92 valence electrons. The van der Waals surface area contributed by atoms with Gasteiger partial charge in [0.1, 0.15) is 5.82 Å². The van der Waals surface area contributed by atoms with E-state index in [1.165, 1.54) is 12.1 Å². The number of carbonyl (C=O) groups excluding carboxylic acids is 1. The summed E-state index contributed by atoms with van der Waals surface area (Å²) < 4.78 is 13.0. The molecule has 3 nitrogen and oxygen atoms in total. The number of ketones is 1. The number of hydrogen-bond acceptors (Lipinski definition) is 3. The van der Waals surface area contributed by atoms with Gasteiger partial charge in [0.05, 0.1) is 6.54 Å². The molecule has 1 aliphatic rings. The summed E-state index contributed by atoms with van der Waals surface area (Å²) in [5.41, 5.74) is 0.460. The molecule has 1 aliphatic heterocycles. The van der Waals surface area contributed by atoms with E-state index in [0.29, 0.717) is 12.1 Å². The first-order valence-electron chi connectivity index (χ1n) is 5.97. The number of hydrogen-bond donors (Lipinski definition) is 1. The van der Waals surface area contributed by atoms with Crippen LogP contribution in [0.5, 0.6) is 0 Å². The summed E-state index contributed by atoms with van der Waals surface area (Å²) in [5.74, 6) is -0.361. The lowest BCUT2D eigenvalue weighted by Gasteiger charge is -2.18. The van der Waals surface area contributed by atoms with Crippen LogP contribution in [0.1, 0.15) is 16.8 Å². The summed E-state index contributed by atoms with van der Waals surface area (Å²) in [5, 5.41) is 3.29. The molecular weight excluding hydrogens is 219 g/mol. The fraction of sp³-hybridized carbons (Fsp3) is 0.462. The van der Waals surface area contributed by atoms with Gasteiger partial charge in [0, 0.05) is 18.7 Å². The molecule has 1 aromatic carbocycles. The van der Waals surface area contributed by atoms with Crippen LogP contribution in [-0.2, 0) is 0 Å². The number of halogens is 1. The van der Waals surface area contributed by atoms with E-state index in [9.17, 15) is 9.18 Å². The summed E-state index contributed by atoms with van der Waals surface area (Å²) in [7, 11) is 0. The Labute approximate surface area is 101 Å². The molecule has 2 rings (SSSR count). The van der Waals surface area contributed by atoms with Crippen molar-refractivity contribution in [2.24, 2.45) is 0 Å². The molecule has 0 radical (unpaired) electrons. The minimum absolute atomic E-state index is 0.00796. The monoisotopic (exact) mass is 236 g/mol. The Balaban J connectivity index is 1.96. The molecule has 0 saturated carbocycles. The van der Waals surface area contributed by atoms with Gasteiger partial charge >= 0.3 is 0 Å². The second kappa shape index (κ2) is 5.89. The maximum absolute atomic E-state index is 13.0. The molecule has 1 heterocycles. The zero-order valence-electron chi connectivity index (χ0n) is 9.79. The van der Waals surface area contributed by atoms with Crippen LogP contribution in [0.15, 0.2) is 24.3 Å². The van der Waals surface area contributed by atoms with E-state index in [1.807, 2.05) is 0 Å². The van der Waals surface area contributed by atoms with Gasteiger partial charge < -0.3 is 5.32 Å². The van der Waals surface area contributed by atoms with Crippen LogP contribution < -0.4 is 5.32 Å². The van der Waals surface area contributed by atoms with E-state index in [4.69, 9.17) is 0 Å². The number of nitrogens with zero attached hydrogens (tertiary/aromatic N) is 1.